The molecule has 0 amide bonds. The van der Waals surface area contributed by atoms with Crippen LogP contribution in [0.5, 0.6) is 0 Å². The molecule has 0 spiro atoms. The summed E-state index contributed by atoms with van der Waals surface area (Å²) in [5.74, 6) is 2.04. The van der Waals surface area contributed by atoms with E-state index in [4.69, 9.17) is 4.42 Å². The molecule has 1 aromatic heterocycles. The van der Waals surface area contributed by atoms with Crippen LogP contribution in [0.1, 0.15) is 42.5 Å². The Balaban J connectivity index is 2.38. The van der Waals surface area contributed by atoms with E-state index in [1.165, 1.54) is 11.1 Å². The van der Waals surface area contributed by atoms with Gasteiger partial charge >= 0.3 is 0 Å². The summed E-state index contributed by atoms with van der Waals surface area (Å²) < 4.78 is 5.88. The quantitative estimate of drug-likeness (QED) is 0.866. The Bertz CT molecular complexity index is 501. The fourth-order valence-corrected chi connectivity index (χ4v) is 2.33. The Morgan fingerprint density at radius 1 is 1.06 bits per heavy atom. The van der Waals surface area contributed by atoms with E-state index < -0.39 is 0 Å². The molecule has 1 unspecified atom stereocenters. The van der Waals surface area contributed by atoms with E-state index in [0.717, 1.165) is 24.4 Å². The molecule has 2 heteroatoms. The van der Waals surface area contributed by atoms with E-state index in [1.807, 2.05) is 7.05 Å². The van der Waals surface area contributed by atoms with Crippen LogP contribution in [-0.2, 0) is 12.8 Å². The molecule has 1 aromatic carbocycles. The second-order valence-electron chi connectivity index (χ2n) is 4.43. The predicted octanol–water partition coefficient (Wildman–Crippen LogP) is 3.71. The molecule has 96 valence electrons. The van der Waals surface area contributed by atoms with Crippen molar-refractivity contribution in [1.82, 2.24) is 5.32 Å². The second kappa shape index (κ2) is 5.87. The molecule has 1 N–H and O–H groups in total. The minimum atomic E-state index is 0.140. The van der Waals surface area contributed by atoms with E-state index in [0.29, 0.717) is 0 Å². The van der Waals surface area contributed by atoms with Crippen LogP contribution in [0.25, 0.3) is 0 Å². The van der Waals surface area contributed by atoms with Gasteiger partial charge in [-0.25, -0.2) is 0 Å². The number of nitrogens with one attached hydrogen (secondary N) is 1. The zero-order chi connectivity index (χ0) is 13.0. The molecule has 0 saturated carbocycles. The summed E-state index contributed by atoms with van der Waals surface area (Å²) in [5.41, 5.74) is 2.67. The number of aryl methyl sites for hydroxylation is 2. The van der Waals surface area contributed by atoms with Gasteiger partial charge in [0.2, 0.25) is 0 Å². The van der Waals surface area contributed by atoms with E-state index >= 15 is 0 Å². The van der Waals surface area contributed by atoms with Crippen molar-refractivity contribution < 1.29 is 4.42 Å². The molecule has 2 aromatic rings. The van der Waals surface area contributed by atoms with Gasteiger partial charge in [-0.2, -0.15) is 0 Å². The topological polar surface area (TPSA) is 25.2 Å². The van der Waals surface area contributed by atoms with Gasteiger partial charge in [0.25, 0.3) is 0 Å². The largest absolute Gasteiger partial charge is 0.464 e. The van der Waals surface area contributed by atoms with Gasteiger partial charge in [-0.05, 0) is 36.7 Å². The van der Waals surface area contributed by atoms with Crippen molar-refractivity contribution in [2.75, 3.05) is 7.05 Å². The number of rotatable bonds is 5. The standard InChI is InChI=1S/C16H21NO/c1-4-12-8-6-7-9-14(12)16(17-3)15-11-10-13(5-2)18-15/h6-11,16-17H,4-5H2,1-3H3. The number of hydrogen-bond acceptors (Lipinski definition) is 2. The zero-order valence-corrected chi connectivity index (χ0v) is 11.4. The summed E-state index contributed by atoms with van der Waals surface area (Å²) in [4.78, 5) is 0. The Hall–Kier alpha value is -1.54. The lowest BCUT2D eigenvalue weighted by Gasteiger charge is -2.17. The summed E-state index contributed by atoms with van der Waals surface area (Å²) in [6, 6.07) is 12.8. The predicted molar refractivity (Wildman–Crippen MR) is 74.8 cm³/mol. The van der Waals surface area contributed by atoms with Gasteiger partial charge in [0.15, 0.2) is 0 Å². The van der Waals surface area contributed by atoms with Crippen LogP contribution in [-0.4, -0.2) is 7.05 Å². The summed E-state index contributed by atoms with van der Waals surface area (Å²) in [6.45, 7) is 4.29. The van der Waals surface area contributed by atoms with Gasteiger partial charge in [0, 0.05) is 6.42 Å². The molecular formula is C16H21NO. The SMILES string of the molecule is CCc1ccc(C(NC)c2ccccc2CC)o1. The minimum absolute atomic E-state index is 0.140. The van der Waals surface area contributed by atoms with Crippen molar-refractivity contribution in [2.45, 2.75) is 32.7 Å². The van der Waals surface area contributed by atoms with Crippen molar-refractivity contribution in [3.63, 3.8) is 0 Å². The highest BCUT2D eigenvalue weighted by Gasteiger charge is 2.17. The maximum absolute atomic E-state index is 5.88. The van der Waals surface area contributed by atoms with Crippen LogP contribution < -0.4 is 5.32 Å². The summed E-state index contributed by atoms with van der Waals surface area (Å²) in [6.07, 6.45) is 1.97. The molecule has 0 fully saturated rings. The molecule has 1 atom stereocenters. The van der Waals surface area contributed by atoms with E-state index in [-0.39, 0.29) is 6.04 Å². The highest BCUT2D eigenvalue weighted by molar-refractivity contribution is 5.34. The summed E-state index contributed by atoms with van der Waals surface area (Å²) >= 11 is 0. The first kappa shape index (κ1) is 12.9. The van der Waals surface area contributed by atoms with Gasteiger partial charge in [0.05, 0.1) is 6.04 Å². The number of hydrogen-bond donors (Lipinski definition) is 1. The van der Waals surface area contributed by atoms with Crippen molar-refractivity contribution in [1.29, 1.82) is 0 Å². The first-order valence-electron chi connectivity index (χ1n) is 6.63. The van der Waals surface area contributed by atoms with Gasteiger partial charge in [0.1, 0.15) is 11.5 Å². The highest BCUT2D eigenvalue weighted by atomic mass is 16.3. The van der Waals surface area contributed by atoms with Crippen molar-refractivity contribution in [2.24, 2.45) is 0 Å². The third-order valence-corrected chi connectivity index (χ3v) is 3.35. The average molecular weight is 243 g/mol. The third-order valence-electron chi connectivity index (χ3n) is 3.35. The Morgan fingerprint density at radius 2 is 1.83 bits per heavy atom. The molecule has 0 radical (unpaired) electrons. The molecule has 2 rings (SSSR count). The lowest BCUT2D eigenvalue weighted by Crippen LogP contribution is -2.18. The fraction of sp³-hybridized carbons (Fsp3) is 0.375. The molecule has 0 bridgehead atoms. The third kappa shape index (κ3) is 2.49. The van der Waals surface area contributed by atoms with Gasteiger partial charge in [-0.1, -0.05) is 38.1 Å². The summed E-state index contributed by atoms with van der Waals surface area (Å²) in [7, 11) is 1.98. The average Bonchev–Trinajstić information content (AvgIpc) is 2.89. The first-order valence-corrected chi connectivity index (χ1v) is 6.63. The molecular weight excluding hydrogens is 222 g/mol. The summed E-state index contributed by atoms with van der Waals surface area (Å²) in [5, 5.41) is 3.35. The Morgan fingerprint density at radius 3 is 2.44 bits per heavy atom. The van der Waals surface area contributed by atoms with Gasteiger partial charge < -0.3 is 9.73 Å². The number of benzene rings is 1. The molecule has 18 heavy (non-hydrogen) atoms. The lowest BCUT2D eigenvalue weighted by molar-refractivity contribution is 0.433. The highest BCUT2D eigenvalue weighted by Crippen LogP contribution is 2.26. The smallest absolute Gasteiger partial charge is 0.125 e. The maximum Gasteiger partial charge on any atom is 0.125 e. The maximum atomic E-state index is 5.88. The lowest BCUT2D eigenvalue weighted by atomic mass is 9.97. The van der Waals surface area contributed by atoms with E-state index in [9.17, 15) is 0 Å². The minimum Gasteiger partial charge on any atom is -0.464 e. The van der Waals surface area contributed by atoms with Crippen LogP contribution >= 0.6 is 0 Å². The fourth-order valence-electron chi connectivity index (χ4n) is 2.33. The van der Waals surface area contributed by atoms with Gasteiger partial charge in [-0.15, -0.1) is 0 Å². The second-order valence-corrected chi connectivity index (χ2v) is 4.43. The number of furan rings is 1. The van der Waals surface area contributed by atoms with Crippen LogP contribution in [0.15, 0.2) is 40.8 Å². The Kier molecular flexibility index (Phi) is 4.21. The Labute approximate surface area is 109 Å². The monoisotopic (exact) mass is 243 g/mol. The molecule has 0 aliphatic rings. The van der Waals surface area contributed by atoms with Crippen LogP contribution in [0, 0.1) is 0 Å². The first-order chi connectivity index (χ1) is 8.80. The van der Waals surface area contributed by atoms with Crippen LogP contribution in [0.4, 0.5) is 0 Å². The van der Waals surface area contributed by atoms with Crippen molar-refractivity contribution in [3.8, 4) is 0 Å². The van der Waals surface area contributed by atoms with Crippen molar-refractivity contribution >= 4 is 0 Å². The van der Waals surface area contributed by atoms with Gasteiger partial charge in [-0.3, -0.25) is 0 Å². The van der Waals surface area contributed by atoms with Crippen LogP contribution in [0.3, 0.4) is 0 Å². The molecule has 1 heterocycles. The molecule has 0 aliphatic heterocycles. The van der Waals surface area contributed by atoms with E-state index in [2.05, 4.69) is 55.6 Å². The molecule has 0 aliphatic carbocycles. The zero-order valence-electron chi connectivity index (χ0n) is 11.4. The normalized spacial score (nSPS) is 12.6. The van der Waals surface area contributed by atoms with Crippen molar-refractivity contribution in [3.05, 3.63) is 59.0 Å². The molecule has 2 nitrogen and oxygen atoms in total. The molecule has 0 saturated heterocycles. The van der Waals surface area contributed by atoms with Crippen LogP contribution in [0.2, 0.25) is 0 Å². The van der Waals surface area contributed by atoms with E-state index in [1.54, 1.807) is 0 Å².